The summed E-state index contributed by atoms with van der Waals surface area (Å²) in [7, 11) is 0. The normalized spacial score (nSPS) is 26.5. The van der Waals surface area contributed by atoms with Crippen LogP contribution >= 0.6 is 0 Å². The fraction of sp³-hybridized carbons (Fsp3) is 1.00. The molecule has 0 aromatic rings. The zero-order valence-electron chi connectivity index (χ0n) is 12.5. The van der Waals surface area contributed by atoms with Crippen molar-refractivity contribution in [1.82, 2.24) is 5.32 Å². The molecule has 0 amide bonds. The Morgan fingerprint density at radius 3 is 2.53 bits per heavy atom. The average Bonchev–Trinajstić information content (AvgIpc) is 2.46. The summed E-state index contributed by atoms with van der Waals surface area (Å²) in [5.41, 5.74) is 0.594. The number of rotatable bonds is 6. The summed E-state index contributed by atoms with van der Waals surface area (Å²) >= 11 is 0. The summed E-state index contributed by atoms with van der Waals surface area (Å²) in [5, 5.41) is 3.80. The van der Waals surface area contributed by atoms with Gasteiger partial charge in [0.1, 0.15) is 0 Å². The van der Waals surface area contributed by atoms with Crippen LogP contribution in [-0.4, -0.2) is 12.6 Å². The van der Waals surface area contributed by atoms with Crippen molar-refractivity contribution in [2.75, 3.05) is 6.54 Å². The lowest BCUT2D eigenvalue weighted by Crippen LogP contribution is -2.36. The molecule has 17 heavy (non-hydrogen) atoms. The van der Waals surface area contributed by atoms with E-state index in [1.807, 2.05) is 0 Å². The Balaban J connectivity index is 2.48. The Labute approximate surface area is 109 Å². The molecule has 1 rings (SSSR count). The van der Waals surface area contributed by atoms with Crippen molar-refractivity contribution in [3.63, 3.8) is 0 Å². The fourth-order valence-corrected chi connectivity index (χ4v) is 3.24. The van der Waals surface area contributed by atoms with Gasteiger partial charge in [-0.1, -0.05) is 40.5 Å². The zero-order valence-corrected chi connectivity index (χ0v) is 12.5. The van der Waals surface area contributed by atoms with Crippen LogP contribution in [0.2, 0.25) is 0 Å². The molecule has 0 aromatic carbocycles. The van der Waals surface area contributed by atoms with Gasteiger partial charge in [0.2, 0.25) is 0 Å². The molecule has 0 saturated heterocycles. The molecular weight excluding hydrogens is 206 g/mol. The minimum atomic E-state index is 0.594. The molecule has 2 atom stereocenters. The minimum Gasteiger partial charge on any atom is -0.314 e. The van der Waals surface area contributed by atoms with Gasteiger partial charge in [0.05, 0.1) is 0 Å². The molecule has 1 heteroatoms. The van der Waals surface area contributed by atoms with E-state index >= 15 is 0 Å². The lowest BCUT2D eigenvalue weighted by atomic mass is 9.83. The molecule has 0 radical (unpaired) electrons. The van der Waals surface area contributed by atoms with Gasteiger partial charge < -0.3 is 5.32 Å². The summed E-state index contributed by atoms with van der Waals surface area (Å²) in [6.45, 7) is 10.7. The van der Waals surface area contributed by atoms with Gasteiger partial charge in [-0.25, -0.2) is 0 Å². The SMILES string of the molecule is CCCNC(CCC)C1CCCC(C)(C)CC1. The lowest BCUT2D eigenvalue weighted by Gasteiger charge is -2.28. The van der Waals surface area contributed by atoms with E-state index in [-0.39, 0.29) is 0 Å². The molecule has 1 fully saturated rings. The molecule has 1 saturated carbocycles. The van der Waals surface area contributed by atoms with Gasteiger partial charge in [-0.2, -0.15) is 0 Å². The standard InChI is InChI=1S/C16H33N/c1-5-8-15(17-13-6-2)14-9-7-11-16(3,4)12-10-14/h14-15,17H,5-13H2,1-4H3. The van der Waals surface area contributed by atoms with Crippen molar-refractivity contribution >= 4 is 0 Å². The van der Waals surface area contributed by atoms with Crippen molar-refractivity contribution in [1.29, 1.82) is 0 Å². The zero-order chi connectivity index (χ0) is 12.7. The topological polar surface area (TPSA) is 12.0 Å². The average molecular weight is 239 g/mol. The van der Waals surface area contributed by atoms with E-state index in [1.165, 1.54) is 57.9 Å². The molecule has 1 N–H and O–H groups in total. The van der Waals surface area contributed by atoms with Crippen molar-refractivity contribution in [3.05, 3.63) is 0 Å². The Morgan fingerprint density at radius 2 is 1.88 bits per heavy atom. The van der Waals surface area contributed by atoms with Gasteiger partial charge >= 0.3 is 0 Å². The first-order chi connectivity index (χ1) is 8.09. The molecule has 0 heterocycles. The molecule has 1 aliphatic carbocycles. The maximum atomic E-state index is 3.80. The smallest absolute Gasteiger partial charge is 0.00952 e. The van der Waals surface area contributed by atoms with Crippen molar-refractivity contribution in [3.8, 4) is 0 Å². The summed E-state index contributed by atoms with van der Waals surface area (Å²) in [4.78, 5) is 0. The molecule has 2 unspecified atom stereocenters. The summed E-state index contributed by atoms with van der Waals surface area (Å²) < 4.78 is 0. The van der Waals surface area contributed by atoms with Gasteiger partial charge in [-0.15, -0.1) is 0 Å². The van der Waals surface area contributed by atoms with E-state index in [1.54, 1.807) is 0 Å². The first-order valence-corrected chi connectivity index (χ1v) is 7.82. The molecule has 0 bridgehead atoms. The second kappa shape index (κ2) is 7.41. The summed E-state index contributed by atoms with van der Waals surface area (Å²) in [5.74, 6) is 0.934. The van der Waals surface area contributed by atoms with Crippen LogP contribution in [0.15, 0.2) is 0 Å². The van der Waals surface area contributed by atoms with Crippen molar-refractivity contribution in [2.24, 2.45) is 11.3 Å². The maximum Gasteiger partial charge on any atom is 0.00952 e. The third-order valence-electron chi connectivity index (χ3n) is 4.45. The lowest BCUT2D eigenvalue weighted by molar-refractivity contribution is 0.277. The van der Waals surface area contributed by atoms with Gasteiger partial charge in [-0.3, -0.25) is 0 Å². The Kier molecular flexibility index (Phi) is 6.54. The van der Waals surface area contributed by atoms with E-state index in [4.69, 9.17) is 0 Å². The summed E-state index contributed by atoms with van der Waals surface area (Å²) in [6, 6.07) is 0.786. The number of hydrogen-bond acceptors (Lipinski definition) is 1. The van der Waals surface area contributed by atoms with Crippen molar-refractivity contribution in [2.45, 2.75) is 85.1 Å². The second-order valence-corrected chi connectivity index (χ2v) is 6.70. The Morgan fingerprint density at radius 1 is 1.12 bits per heavy atom. The third-order valence-corrected chi connectivity index (χ3v) is 4.45. The van der Waals surface area contributed by atoms with E-state index in [0.29, 0.717) is 5.41 Å². The van der Waals surface area contributed by atoms with Gasteiger partial charge in [-0.05, 0) is 56.4 Å². The molecule has 0 aliphatic heterocycles. The van der Waals surface area contributed by atoms with E-state index < -0.39 is 0 Å². The van der Waals surface area contributed by atoms with Crippen LogP contribution in [0.3, 0.4) is 0 Å². The summed E-state index contributed by atoms with van der Waals surface area (Å²) in [6.07, 6.45) is 11.1. The predicted molar refractivity (Wildman–Crippen MR) is 77.3 cm³/mol. The van der Waals surface area contributed by atoms with E-state index in [0.717, 1.165) is 12.0 Å². The van der Waals surface area contributed by atoms with Crippen LogP contribution in [0, 0.1) is 11.3 Å². The molecule has 1 nitrogen and oxygen atoms in total. The highest BCUT2D eigenvalue weighted by Crippen LogP contribution is 2.37. The maximum absolute atomic E-state index is 3.80. The first-order valence-electron chi connectivity index (χ1n) is 7.82. The van der Waals surface area contributed by atoms with Crippen molar-refractivity contribution < 1.29 is 0 Å². The largest absolute Gasteiger partial charge is 0.314 e. The third kappa shape index (κ3) is 5.42. The molecule has 102 valence electrons. The fourth-order valence-electron chi connectivity index (χ4n) is 3.24. The van der Waals surface area contributed by atoms with Crippen LogP contribution in [0.5, 0.6) is 0 Å². The Bertz CT molecular complexity index is 198. The number of hydrogen-bond donors (Lipinski definition) is 1. The van der Waals surface area contributed by atoms with E-state index in [9.17, 15) is 0 Å². The van der Waals surface area contributed by atoms with E-state index in [2.05, 4.69) is 33.0 Å². The minimum absolute atomic E-state index is 0.594. The predicted octanol–water partition coefficient (Wildman–Crippen LogP) is 4.76. The highest BCUT2D eigenvalue weighted by atomic mass is 14.9. The van der Waals surface area contributed by atoms with Crippen LogP contribution in [0.1, 0.15) is 79.1 Å². The molecule has 0 spiro atoms. The highest BCUT2D eigenvalue weighted by Gasteiger charge is 2.28. The first kappa shape index (κ1) is 15.0. The van der Waals surface area contributed by atoms with Gasteiger partial charge in [0.15, 0.2) is 0 Å². The van der Waals surface area contributed by atoms with Gasteiger partial charge in [0.25, 0.3) is 0 Å². The second-order valence-electron chi connectivity index (χ2n) is 6.70. The number of nitrogens with one attached hydrogen (secondary N) is 1. The molecule has 1 aliphatic rings. The monoisotopic (exact) mass is 239 g/mol. The van der Waals surface area contributed by atoms with Gasteiger partial charge in [0, 0.05) is 6.04 Å². The Hall–Kier alpha value is -0.0400. The van der Waals surface area contributed by atoms with Crippen LogP contribution in [-0.2, 0) is 0 Å². The quantitative estimate of drug-likeness (QED) is 0.659. The van der Waals surface area contributed by atoms with Crippen LogP contribution < -0.4 is 5.32 Å². The molecule has 0 aromatic heterocycles. The molecular formula is C16H33N. The van der Waals surface area contributed by atoms with Crippen LogP contribution in [0.25, 0.3) is 0 Å². The van der Waals surface area contributed by atoms with Crippen LogP contribution in [0.4, 0.5) is 0 Å². The highest BCUT2D eigenvalue weighted by molar-refractivity contribution is 4.82.